The van der Waals surface area contributed by atoms with Crippen LogP contribution in [0.25, 0.3) is 6.08 Å². The second-order valence-corrected chi connectivity index (χ2v) is 8.81. The van der Waals surface area contributed by atoms with Crippen LogP contribution in [0.3, 0.4) is 0 Å². The fourth-order valence-electron chi connectivity index (χ4n) is 3.58. The minimum atomic E-state index is -4.62. The van der Waals surface area contributed by atoms with E-state index in [0.717, 1.165) is 23.5 Å². The molecule has 0 unspecified atom stereocenters. The smallest absolute Gasteiger partial charge is 0.433 e. The number of aromatic nitrogens is 3. The highest BCUT2D eigenvalue weighted by atomic mass is 32.2. The average molecular weight is 501 g/mol. The van der Waals surface area contributed by atoms with E-state index in [1.165, 1.54) is 20.1 Å². The lowest BCUT2D eigenvalue weighted by Gasteiger charge is -2.13. The number of hydrogen-bond donors (Lipinski definition) is 0. The summed E-state index contributed by atoms with van der Waals surface area (Å²) in [5.41, 5.74) is 2.61. The molecular weight excluding hydrogens is 477 g/mol. The lowest BCUT2D eigenvalue weighted by molar-refractivity contribution is -0.141. The quantitative estimate of drug-likeness (QED) is 0.231. The standard InChI is InChI=1S/C25H23F3N4O2S/c1-14-10-22(25(26,27)28)30-24(19(14)12-29)35-13-18-11-17(7-9-21(18)34-5)6-8-20(33)23-15(2)31-32(4)16(23)3/h6-11H,13H2,1-5H3/b8-6+. The van der Waals surface area contributed by atoms with Crippen LogP contribution in [0.5, 0.6) is 5.75 Å². The first-order chi connectivity index (χ1) is 16.5. The zero-order chi connectivity index (χ0) is 25.9. The number of methoxy groups -OCH3 is 1. The fourth-order valence-corrected chi connectivity index (χ4v) is 4.61. The summed E-state index contributed by atoms with van der Waals surface area (Å²) >= 11 is 1.02. The maximum absolute atomic E-state index is 13.2. The van der Waals surface area contributed by atoms with Gasteiger partial charge in [0.1, 0.15) is 22.5 Å². The zero-order valence-corrected chi connectivity index (χ0v) is 20.6. The number of pyridine rings is 1. The summed E-state index contributed by atoms with van der Waals surface area (Å²) in [4.78, 5) is 16.4. The number of rotatable bonds is 7. The Morgan fingerprint density at radius 3 is 2.54 bits per heavy atom. The van der Waals surface area contributed by atoms with E-state index in [-0.39, 0.29) is 27.7 Å². The number of nitrogens with zero attached hydrogens (tertiary/aromatic N) is 4. The summed E-state index contributed by atoms with van der Waals surface area (Å²) in [5.74, 6) is 0.562. The van der Waals surface area contributed by atoms with Gasteiger partial charge >= 0.3 is 6.18 Å². The third-order valence-corrected chi connectivity index (χ3v) is 6.46. The second-order valence-electron chi connectivity index (χ2n) is 7.84. The largest absolute Gasteiger partial charge is 0.496 e. The number of thioether (sulfide) groups is 1. The first-order valence-corrected chi connectivity index (χ1v) is 11.5. The lowest BCUT2D eigenvalue weighted by atomic mass is 10.1. The highest BCUT2D eigenvalue weighted by Crippen LogP contribution is 2.35. The van der Waals surface area contributed by atoms with E-state index >= 15 is 0 Å². The number of allylic oxidation sites excluding steroid dienone is 1. The van der Waals surface area contributed by atoms with Crippen molar-refractivity contribution in [3.63, 3.8) is 0 Å². The van der Waals surface area contributed by atoms with Crippen molar-refractivity contribution in [3.8, 4) is 11.8 Å². The molecule has 3 aromatic rings. The molecule has 0 radical (unpaired) electrons. The summed E-state index contributed by atoms with van der Waals surface area (Å²) in [7, 11) is 3.26. The van der Waals surface area contributed by atoms with Crippen molar-refractivity contribution in [2.24, 2.45) is 7.05 Å². The molecular formula is C25H23F3N4O2S. The van der Waals surface area contributed by atoms with Gasteiger partial charge in [-0.25, -0.2) is 4.98 Å². The molecule has 0 bridgehead atoms. The summed E-state index contributed by atoms with van der Waals surface area (Å²) in [6.45, 7) is 5.05. The molecule has 0 fully saturated rings. The molecule has 2 heterocycles. The van der Waals surface area contributed by atoms with Crippen molar-refractivity contribution in [1.82, 2.24) is 14.8 Å². The van der Waals surface area contributed by atoms with E-state index in [9.17, 15) is 23.2 Å². The number of ether oxygens (including phenoxy) is 1. The Balaban J connectivity index is 1.88. The summed E-state index contributed by atoms with van der Waals surface area (Å²) in [5, 5.41) is 13.7. The SMILES string of the molecule is COc1ccc(/C=C/C(=O)c2c(C)nn(C)c2C)cc1CSc1nc(C(F)(F)F)cc(C)c1C#N. The molecule has 0 saturated heterocycles. The van der Waals surface area contributed by atoms with E-state index in [4.69, 9.17) is 4.74 Å². The average Bonchev–Trinajstić information content (AvgIpc) is 3.06. The topological polar surface area (TPSA) is 80.8 Å². The molecule has 0 atom stereocenters. The molecule has 182 valence electrons. The van der Waals surface area contributed by atoms with E-state index < -0.39 is 11.9 Å². The van der Waals surface area contributed by atoms with Gasteiger partial charge in [0.2, 0.25) is 0 Å². The molecule has 0 saturated carbocycles. The van der Waals surface area contributed by atoms with Crippen molar-refractivity contribution < 1.29 is 22.7 Å². The van der Waals surface area contributed by atoms with E-state index in [2.05, 4.69) is 10.1 Å². The van der Waals surface area contributed by atoms with Gasteiger partial charge in [-0.2, -0.15) is 23.5 Å². The predicted octanol–water partition coefficient (Wildman–Crippen LogP) is 5.83. The molecule has 0 amide bonds. The van der Waals surface area contributed by atoms with Gasteiger partial charge in [-0.1, -0.05) is 12.1 Å². The number of nitriles is 1. The maximum atomic E-state index is 13.2. The summed E-state index contributed by atoms with van der Waals surface area (Å²) in [6.07, 6.45) is -1.50. The molecule has 10 heteroatoms. The summed E-state index contributed by atoms with van der Waals surface area (Å²) < 4.78 is 46.7. The normalized spacial score (nSPS) is 11.6. The molecule has 6 nitrogen and oxygen atoms in total. The van der Waals surface area contributed by atoms with E-state index in [0.29, 0.717) is 28.1 Å². The Labute approximate surface area is 205 Å². The van der Waals surface area contributed by atoms with Crippen molar-refractivity contribution in [2.45, 2.75) is 37.7 Å². The molecule has 2 aromatic heterocycles. The van der Waals surface area contributed by atoms with Crippen molar-refractivity contribution in [2.75, 3.05) is 7.11 Å². The van der Waals surface area contributed by atoms with Crippen LogP contribution in [0, 0.1) is 32.1 Å². The van der Waals surface area contributed by atoms with Gasteiger partial charge in [-0.05, 0) is 56.2 Å². The maximum Gasteiger partial charge on any atom is 0.433 e. The molecule has 0 spiro atoms. The Kier molecular flexibility index (Phi) is 7.70. The summed E-state index contributed by atoms with van der Waals surface area (Å²) in [6, 6.07) is 8.09. The minimum Gasteiger partial charge on any atom is -0.496 e. The third-order valence-electron chi connectivity index (χ3n) is 5.44. The van der Waals surface area contributed by atoms with Crippen LogP contribution < -0.4 is 4.74 Å². The van der Waals surface area contributed by atoms with Crippen LogP contribution in [0.1, 0.15) is 49.7 Å². The molecule has 0 N–H and O–H groups in total. The number of benzene rings is 1. The van der Waals surface area contributed by atoms with E-state index in [1.807, 2.05) is 13.0 Å². The van der Waals surface area contributed by atoms with Gasteiger partial charge in [-0.3, -0.25) is 9.48 Å². The molecule has 0 aliphatic rings. The van der Waals surface area contributed by atoms with Gasteiger partial charge in [0.15, 0.2) is 5.78 Å². The first kappa shape index (κ1) is 26.0. The highest BCUT2D eigenvalue weighted by Gasteiger charge is 2.34. The molecule has 1 aromatic carbocycles. The monoisotopic (exact) mass is 500 g/mol. The molecule has 0 aliphatic heterocycles. The van der Waals surface area contributed by atoms with Crippen LogP contribution in [0.15, 0.2) is 35.4 Å². The van der Waals surface area contributed by atoms with Crippen LogP contribution in [-0.2, 0) is 19.0 Å². The second kappa shape index (κ2) is 10.4. The highest BCUT2D eigenvalue weighted by molar-refractivity contribution is 7.98. The lowest BCUT2D eigenvalue weighted by Crippen LogP contribution is -2.10. The number of ketones is 1. The first-order valence-electron chi connectivity index (χ1n) is 10.5. The van der Waals surface area contributed by atoms with Gasteiger partial charge in [0.05, 0.1) is 23.9 Å². The van der Waals surface area contributed by atoms with Crippen LogP contribution >= 0.6 is 11.8 Å². The molecule has 35 heavy (non-hydrogen) atoms. The Morgan fingerprint density at radius 1 is 1.26 bits per heavy atom. The zero-order valence-electron chi connectivity index (χ0n) is 19.8. The fraction of sp³-hybridized carbons (Fsp3) is 0.280. The van der Waals surface area contributed by atoms with Crippen molar-refractivity contribution in [1.29, 1.82) is 5.26 Å². The number of carbonyl (C=O) groups is 1. The number of hydrogen-bond acceptors (Lipinski definition) is 6. The molecule has 0 aliphatic carbocycles. The number of halogens is 3. The Morgan fingerprint density at radius 2 is 1.97 bits per heavy atom. The Bertz CT molecular complexity index is 1350. The van der Waals surface area contributed by atoms with Crippen molar-refractivity contribution in [3.05, 3.63) is 75.2 Å². The Hall–Kier alpha value is -3.58. The van der Waals surface area contributed by atoms with Crippen molar-refractivity contribution >= 4 is 23.6 Å². The van der Waals surface area contributed by atoms with Gasteiger partial charge in [-0.15, -0.1) is 11.8 Å². The van der Waals surface area contributed by atoms with Crippen LogP contribution in [0.4, 0.5) is 13.2 Å². The van der Waals surface area contributed by atoms with Gasteiger partial charge < -0.3 is 4.74 Å². The number of carbonyl (C=O) groups excluding carboxylic acids is 1. The van der Waals surface area contributed by atoms with Crippen LogP contribution in [-0.4, -0.2) is 27.7 Å². The van der Waals surface area contributed by atoms with Gasteiger partial charge in [0, 0.05) is 24.1 Å². The number of aryl methyl sites for hydroxylation is 3. The number of alkyl halides is 3. The third kappa shape index (κ3) is 5.74. The van der Waals surface area contributed by atoms with E-state index in [1.54, 1.807) is 42.9 Å². The predicted molar refractivity (Wildman–Crippen MR) is 127 cm³/mol. The minimum absolute atomic E-state index is 0.000490. The molecule has 3 rings (SSSR count). The van der Waals surface area contributed by atoms with Gasteiger partial charge in [0.25, 0.3) is 0 Å². The van der Waals surface area contributed by atoms with Crippen LogP contribution in [0.2, 0.25) is 0 Å².